The van der Waals surface area contributed by atoms with Crippen LogP contribution in [0.25, 0.3) is 22.8 Å². The van der Waals surface area contributed by atoms with Gasteiger partial charge in [-0.2, -0.15) is 9.97 Å². The van der Waals surface area contributed by atoms with Gasteiger partial charge in [0.2, 0.25) is 0 Å². The summed E-state index contributed by atoms with van der Waals surface area (Å²) in [5.74, 6) is 0.882. The lowest BCUT2D eigenvalue weighted by Gasteiger charge is -2.10. The number of benzene rings is 2. The van der Waals surface area contributed by atoms with Crippen molar-refractivity contribution < 1.29 is 9.13 Å². The first-order valence-electron chi connectivity index (χ1n) is 8.68. The van der Waals surface area contributed by atoms with Crippen molar-refractivity contribution in [3.63, 3.8) is 0 Å². The molecule has 0 saturated heterocycles. The lowest BCUT2D eigenvalue weighted by atomic mass is 10.1. The lowest BCUT2D eigenvalue weighted by Crippen LogP contribution is -2.02. The number of ether oxygens (including phenoxy) is 1. The van der Waals surface area contributed by atoms with Crippen molar-refractivity contribution in [3.8, 4) is 28.8 Å². The third-order valence-electron chi connectivity index (χ3n) is 4.58. The predicted molar refractivity (Wildman–Crippen MR) is 109 cm³/mol. The Balaban J connectivity index is 0.00000225. The molecular weight excluding hydrogens is 402 g/mol. The molecule has 1 aliphatic rings. The van der Waals surface area contributed by atoms with Gasteiger partial charge in [0, 0.05) is 17.7 Å². The summed E-state index contributed by atoms with van der Waals surface area (Å²) in [6.45, 7) is 0.377. The number of hydrogen-bond acceptors (Lipinski definition) is 5. The van der Waals surface area contributed by atoms with Crippen molar-refractivity contribution in [1.29, 1.82) is 0 Å². The normalized spacial score (nSPS) is 13.1. The molecule has 0 unspecified atom stereocenters. The molecule has 1 aromatic heterocycles. The molecule has 3 aromatic rings. The van der Waals surface area contributed by atoms with Crippen molar-refractivity contribution >= 4 is 24.0 Å². The van der Waals surface area contributed by atoms with E-state index in [1.807, 2.05) is 18.2 Å². The maximum Gasteiger partial charge on any atom is 0.320 e. The van der Waals surface area contributed by atoms with Gasteiger partial charge < -0.3 is 10.5 Å². The topological polar surface area (TPSA) is 73.9 Å². The van der Waals surface area contributed by atoms with E-state index in [-0.39, 0.29) is 30.2 Å². The van der Waals surface area contributed by atoms with E-state index in [1.165, 1.54) is 13.2 Å². The Labute approximate surface area is 173 Å². The Morgan fingerprint density at radius 1 is 1.11 bits per heavy atom. The van der Waals surface area contributed by atoms with E-state index in [4.69, 9.17) is 22.1 Å². The lowest BCUT2D eigenvalue weighted by molar-refractivity contribution is 0.379. The van der Waals surface area contributed by atoms with Crippen LogP contribution in [0.1, 0.15) is 29.9 Å². The molecule has 0 atom stereocenters. The highest BCUT2D eigenvalue weighted by molar-refractivity contribution is 6.33. The number of methoxy groups -OCH3 is 1. The van der Waals surface area contributed by atoms with E-state index in [0.29, 0.717) is 39.9 Å². The van der Waals surface area contributed by atoms with Crippen LogP contribution in [-0.4, -0.2) is 22.1 Å². The number of nitrogens with zero attached hydrogens (tertiary/aromatic N) is 3. The highest BCUT2D eigenvalue weighted by Gasteiger charge is 2.27. The molecule has 0 amide bonds. The number of halogens is 3. The Morgan fingerprint density at radius 2 is 1.86 bits per heavy atom. The van der Waals surface area contributed by atoms with Crippen LogP contribution >= 0.6 is 24.0 Å². The zero-order chi connectivity index (χ0) is 19.0. The first-order chi connectivity index (χ1) is 13.1. The summed E-state index contributed by atoms with van der Waals surface area (Å²) in [6, 6.07) is 10.6. The molecule has 0 bridgehead atoms. The minimum absolute atomic E-state index is 0. The van der Waals surface area contributed by atoms with Gasteiger partial charge in [-0.1, -0.05) is 17.7 Å². The Bertz CT molecular complexity index is 1010. The average Bonchev–Trinajstić information content (AvgIpc) is 3.53. The molecule has 1 saturated carbocycles. The van der Waals surface area contributed by atoms with Crippen LogP contribution in [-0.2, 0) is 6.54 Å². The quantitative estimate of drug-likeness (QED) is 0.643. The summed E-state index contributed by atoms with van der Waals surface area (Å²) in [4.78, 5) is 13.2. The van der Waals surface area contributed by atoms with Crippen LogP contribution in [0.3, 0.4) is 0 Å². The van der Waals surface area contributed by atoms with Crippen LogP contribution in [0, 0.1) is 5.82 Å². The minimum atomic E-state index is -0.193. The van der Waals surface area contributed by atoms with Crippen molar-refractivity contribution in [1.82, 2.24) is 15.0 Å². The van der Waals surface area contributed by atoms with E-state index in [1.54, 1.807) is 12.1 Å². The molecule has 0 aliphatic heterocycles. The summed E-state index contributed by atoms with van der Waals surface area (Å²) in [6.07, 6.45) is 2.02. The van der Waals surface area contributed by atoms with Gasteiger partial charge in [-0.3, -0.25) is 0 Å². The Morgan fingerprint density at radius 3 is 2.54 bits per heavy atom. The van der Waals surface area contributed by atoms with E-state index < -0.39 is 0 Å². The highest BCUT2D eigenvalue weighted by atomic mass is 35.5. The second kappa shape index (κ2) is 8.39. The van der Waals surface area contributed by atoms with E-state index >= 15 is 0 Å². The highest BCUT2D eigenvalue weighted by Crippen LogP contribution is 2.42. The zero-order valence-corrected chi connectivity index (χ0v) is 16.7. The largest absolute Gasteiger partial charge is 0.467 e. The number of rotatable bonds is 5. The average molecular weight is 421 g/mol. The van der Waals surface area contributed by atoms with Crippen LogP contribution in [0.2, 0.25) is 5.02 Å². The van der Waals surface area contributed by atoms with Gasteiger partial charge >= 0.3 is 6.01 Å². The number of hydrogen-bond donors (Lipinski definition) is 1. The van der Waals surface area contributed by atoms with Crippen LogP contribution in [0.15, 0.2) is 36.4 Å². The molecule has 1 fully saturated rings. The fourth-order valence-electron chi connectivity index (χ4n) is 2.96. The standard InChI is InChI=1S/C20H18ClFN4O.ClH/c1-27-20-25-18(13-5-7-17(22)14(9-13)12-3-4-12)24-19(26-20)15-8-11(10-23)2-6-16(15)21;/h2,5-9,12H,3-4,10,23H2,1H3;1H. The van der Waals surface area contributed by atoms with Gasteiger partial charge in [-0.15, -0.1) is 12.4 Å². The molecule has 5 nitrogen and oxygen atoms in total. The first-order valence-corrected chi connectivity index (χ1v) is 9.05. The molecule has 1 aliphatic carbocycles. The molecule has 28 heavy (non-hydrogen) atoms. The van der Waals surface area contributed by atoms with E-state index in [2.05, 4.69) is 15.0 Å². The zero-order valence-electron chi connectivity index (χ0n) is 15.2. The van der Waals surface area contributed by atoms with Crippen LogP contribution < -0.4 is 10.5 Å². The Hall–Kier alpha value is -2.28. The van der Waals surface area contributed by atoms with E-state index in [0.717, 1.165) is 18.4 Å². The molecule has 146 valence electrons. The van der Waals surface area contributed by atoms with E-state index in [9.17, 15) is 4.39 Å². The summed E-state index contributed by atoms with van der Waals surface area (Å²) in [5, 5.41) is 0.504. The monoisotopic (exact) mass is 420 g/mol. The molecule has 8 heteroatoms. The van der Waals surface area contributed by atoms with Gasteiger partial charge in [-0.05, 0) is 60.2 Å². The van der Waals surface area contributed by atoms with Crippen LogP contribution in [0.5, 0.6) is 6.01 Å². The molecule has 2 N–H and O–H groups in total. The second-order valence-electron chi connectivity index (χ2n) is 6.50. The predicted octanol–water partition coefficient (Wildman–Crippen LogP) is 4.76. The van der Waals surface area contributed by atoms with Gasteiger partial charge in [-0.25, -0.2) is 9.37 Å². The third-order valence-corrected chi connectivity index (χ3v) is 4.91. The van der Waals surface area contributed by atoms with Crippen molar-refractivity contribution in [2.75, 3.05) is 7.11 Å². The fourth-order valence-corrected chi connectivity index (χ4v) is 3.16. The maximum absolute atomic E-state index is 14.1. The summed E-state index contributed by atoms with van der Waals surface area (Å²) in [7, 11) is 1.49. The molecule has 0 spiro atoms. The smallest absolute Gasteiger partial charge is 0.320 e. The van der Waals surface area contributed by atoms with Gasteiger partial charge in [0.05, 0.1) is 12.1 Å². The fraction of sp³-hybridized carbons (Fsp3) is 0.250. The first kappa shape index (κ1) is 20.5. The number of nitrogens with two attached hydrogens (primary N) is 1. The summed E-state index contributed by atoms with van der Waals surface area (Å²) >= 11 is 6.35. The van der Waals surface area contributed by atoms with Crippen molar-refractivity contribution in [3.05, 3.63) is 58.4 Å². The molecule has 1 heterocycles. The molecule has 0 radical (unpaired) electrons. The molecular formula is C20H19Cl2FN4O. The minimum Gasteiger partial charge on any atom is -0.467 e. The van der Waals surface area contributed by atoms with Gasteiger partial charge in [0.1, 0.15) is 5.82 Å². The molecule has 4 rings (SSSR count). The third kappa shape index (κ3) is 4.09. The van der Waals surface area contributed by atoms with Crippen molar-refractivity contribution in [2.24, 2.45) is 5.73 Å². The van der Waals surface area contributed by atoms with Gasteiger partial charge in [0.25, 0.3) is 0 Å². The summed E-state index contributed by atoms with van der Waals surface area (Å²) < 4.78 is 19.3. The SMILES string of the molecule is COc1nc(-c2ccc(F)c(C3CC3)c2)nc(-c2cc(CN)ccc2Cl)n1.Cl. The maximum atomic E-state index is 14.1. The second-order valence-corrected chi connectivity index (χ2v) is 6.91. The summed E-state index contributed by atoms with van der Waals surface area (Å²) in [5.41, 5.74) is 8.71. The van der Waals surface area contributed by atoms with Crippen molar-refractivity contribution in [2.45, 2.75) is 25.3 Å². The van der Waals surface area contributed by atoms with Crippen LogP contribution in [0.4, 0.5) is 4.39 Å². The Kier molecular flexibility index (Phi) is 6.13. The molecule has 2 aromatic carbocycles. The number of aromatic nitrogens is 3. The van der Waals surface area contributed by atoms with Gasteiger partial charge in [0.15, 0.2) is 11.6 Å².